The summed E-state index contributed by atoms with van der Waals surface area (Å²) in [6.07, 6.45) is 0. The molecule has 0 radical (unpaired) electrons. The minimum absolute atomic E-state index is 0.00291. The van der Waals surface area contributed by atoms with Crippen LogP contribution in [0.15, 0.2) is 54.6 Å². The molecule has 2 aromatic carbocycles. The van der Waals surface area contributed by atoms with E-state index in [1.165, 1.54) is 0 Å². The fourth-order valence-electron chi connectivity index (χ4n) is 2.09. The SMILES string of the molecule is CC(=O)N(Cc1ccc(C(=O)CN)cc1)c1ccccc1. The Morgan fingerprint density at radius 2 is 1.62 bits per heavy atom. The molecule has 108 valence electrons. The molecule has 0 aliphatic carbocycles. The van der Waals surface area contributed by atoms with E-state index in [9.17, 15) is 9.59 Å². The molecule has 0 fully saturated rings. The number of hydrogen-bond acceptors (Lipinski definition) is 3. The zero-order valence-corrected chi connectivity index (χ0v) is 12.0. The van der Waals surface area contributed by atoms with Crippen molar-refractivity contribution in [1.82, 2.24) is 0 Å². The summed E-state index contributed by atoms with van der Waals surface area (Å²) in [4.78, 5) is 25.0. The number of amides is 1. The smallest absolute Gasteiger partial charge is 0.224 e. The van der Waals surface area contributed by atoms with Crippen molar-refractivity contribution in [2.24, 2.45) is 5.73 Å². The first-order chi connectivity index (χ1) is 10.1. The Bertz CT molecular complexity index is 621. The van der Waals surface area contributed by atoms with Crippen LogP contribution in [0.3, 0.4) is 0 Å². The highest BCUT2D eigenvalue weighted by molar-refractivity contribution is 5.97. The quantitative estimate of drug-likeness (QED) is 0.856. The molecule has 0 saturated heterocycles. The molecule has 0 saturated carbocycles. The van der Waals surface area contributed by atoms with Crippen LogP contribution in [-0.2, 0) is 11.3 Å². The number of hydrogen-bond donors (Lipinski definition) is 1. The van der Waals surface area contributed by atoms with Gasteiger partial charge in [-0.1, -0.05) is 42.5 Å². The molecular formula is C17H18N2O2. The van der Waals surface area contributed by atoms with Crippen LogP contribution < -0.4 is 10.6 Å². The number of rotatable bonds is 5. The molecule has 1 amide bonds. The summed E-state index contributed by atoms with van der Waals surface area (Å²) in [6, 6.07) is 16.7. The van der Waals surface area contributed by atoms with E-state index < -0.39 is 0 Å². The van der Waals surface area contributed by atoms with E-state index in [4.69, 9.17) is 5.73 Å². The Hall–Kier alpha value is -2.46. The molecular weight excluding hydrogens is 264 g/mol. The van der Waals surface area contributed by atoms with Crippen LogP contribution >= 0.6 is 0 Å². The number of ketones is 1. The first kappa shape index (κ1) is 14.9. The molecule has 0 bridgehead atoms. The maximum absolute atomic E-state index is 11.8. The van der Waals surface area contributed by atoms with Gasteiger partial charge in [0.2, 0.25) is 5.91 Å². The second kappa shape index (κ2) is 6.81. The summed E-state index contributed by atoms with van der Waals surface area (Å²) < 4.78 is 0. The zero-order valence-electron chi connectivity index (χ0n) is 12.0. The van der Waals surface area contributed by atoms with Crippen molar-refractivity contribution in [1.29, 1.82) is 0 Å². The maximum Gasteiger partial charge on any atom is 0.224 e. The van der Waals surface area contributed by atoms with Crippen LogP contribution in [-0.4, -0.2) is 18.2 Å². The van der Waals surface area contributed by atoms with E-state index in [-0.39, 0.29) is 18.2 Å². The Kier molecular flexibility index (Phi) is 4.85. The van der Waals surface area contributed by atoms with E-state index in [1.807, 2.05) is 42.5 Å². The first-order valence-corrected chi connectivity index (χ1v) is 6.77. The van der Waals surface area contributed by atoms with Gasteiger partial charge in [-0.25, -0.2) is 0 Å². The van der Waals surface area contributed by atoms with E-state index >= 15 is 0 Å². The van der Waals surface area contributed by atoms with Gasteiger partial charge in [0, 0.05) is 18.2 Å². The number of nitrogens with two attached hydrogens (primary N) is 1. The standard InChI is InChI=1S/C17H18N2O2/c1-13(20)19(16-5-3-2-4-6-16)12-14-7-9-15(10-8-14)17(21)11-18/h2-10H,11-12,18H2,1H3. The first-order valence-electron chi connectivity index (χ1n) is 6.77. The fraction of sp³-hybridized carbons (Fsp3) is 0.176. The molecule has 0 aliphatic heterocycles. The normalized spacial score (nSPS) is 10.2. The molecule has 0 aromatic heterocycles. The number of benzene rings is 2. The number of para-hydroxylation sites is 1. The third kappa shape index (κ3) is 3.77. The number of carbonyl (C=O) groups is 2. The molecule has 0 spiro atoms. The van der Waals surface area contributed by atoms with Crippen molar-refractivity contribution < 1.29 is 9.59 Å². The van der Waals surface area contributed by atoms with Crippen molar-refractivity contribution >= 4 is 17.4 Å². The van der Waals surface area contributed by atoms with Crippen molar-refractivity contribution in [3.63, 3.8) is 0 Å². The van der Waals surface area contributed by atoms with Gasteiger partial charge in [0.1, 0.15) is 0 Å². The highest BCUT2D eigenvalue weighted by atomic mass is 16.2. The molecule has 2 rings (SSSR count). The second-order valence-corrected chi connectivity index (χ2v) is 4.76. The van der Waals surface area contributed by atoms with Crippen molar-refractivity contribution in [2.75, 3.05) is 11.4 Å². The fourth-order valence-corrected chi connectivity index (χ4v) is 2.09. The third-order valence-corrected chi connectivity index (χ3v) is 3.25. The highest BCUT2D eigenvalue weighted by Gasteiger charge is 2.12. The van der Waals surface area contributed by atoms with E-state index in [0.717, 1.165) is 11.3 Å². The molecule has 0 heterocycles. The largest absolute Gasteiger partial charge is 0.324 e. The van der Waals surface area contributed by atoms with Crippen LogP contribution in [0.25, 0.3) is 0 Å². The van der Waals surface area contributed by atoms with Crippen LogP contribution in [0, 0.1) is 0 Å². The minimum Gasteiger partial charge on any atom is -0.324 e. The average Bonchev–Trinajstić information content (AvgIpc) is 2.53. The minimum atomic E-state index is -0.0898. The van der Waals surface area contributed by atoms with Gasteiger partial charge in [0.25, 0.3) is 0 Å². The summed E-state index contributed by atoms with van der Waals surface area (Å²) in [5.41, 5.74) is 7.74. The van der Waals surface area contributed by atoms with Gasteiger partial charge in [-0.3, -0.25) is 9.59 Å². The van der Waals surface area contributed by atoms with Crippen LogP contribution in [0.4, 0.5) is 5.69 Å². The highest BCUT2D eigenvalue weighted by Crippen LogP contribution is 2.17. The monoisotopic (exact) mass is 282 g/mol. The Balaban J connectivity index is 2.18. The van der Waals surface area contributed by atoms with Gasteiger partial charge in [0.15, 0.2) is 5.78 Å². The van der Waals surface area contributed by atoms with Crippen molar-refractivity contribution in [2.45, 2.75) is 13.5 Å². The van der Waals surface area contributed by atoms with Crippen molar-refractivity contribution in [3.8, 4) is 0 Å². The summed E-state index contributed by atoms with van der Waals surface area (Å²) in [6.45, 7) is 2.01. The predicted octanol–water partition coefficient (Wildman–Crippen LogP) is 2.38. The lowest BCUT2D eigenvalue weighted by Crippen LogP contribution is -2.27. The summed E-state index contributed by atoms with van der Waals surface area (Å²) in [7, 11) is 0. The van der Waals surface area contributed by atoms with Crippen LogP contribution in [0.5, 0.6) is 0 Å². The summed E-state index contributed by atoms with van der Waals surface area (Å²) in [5.74, 6) is -0.114. The van der Waals surface area contributed by atoms with E-state index in [0.29, 0.717) is 12.1 Å². The predicted molar refractivity (Wildman–Crippen MR) is 83.1 cm³/mol. The lowest BCUT2D eigenvalue weighted by atomic mass is 10.1. The summed E-state index contributed by atoms with van der Waals surface area (Å²) in [5, 5.41) is 0. The second-order valence-electron chi connectivity index (χ2n) is 4.76. The molecule has 4 nitrogen and oxygen atoms in total. The molecule has 2 N–H and O–H groups in total. The number of nitrogens with zero attached hydrogens (tertiary/aromatic N) is 1. The van der Waals surface area contributed by atoms with Crippen LogP contribution in [0.2, 0.25) is 0 Å². The maximum atomic E-state index is 11.8. The molecule has 4 heteroatoms. The lowest BCUT2D eigenvalue weighted by molar-refractivity contribution is -0.116. The van der Waals surface area contributed by atoms with Gasteiger partial charge >= 0.3 is 0 Å². The van der Waals surface area contributed by atoms with Gasteiger partial charge in [-0.15, -0.1) is 0 Å². The number of Topliss-reactive ketones (excluding diaryl/α,β-unsaturated/α-hetero) is 1. The average molecular weight is 282 g/mol. The Labute approximate surface area is 124 Å². The van der Waals surface area contributed by atoms with Gasteiger partial charge < -0.3 is 10.6 Å². The topological polar surface area (TPSA) is 63.4 Å². The van der Waals surface area contributed by atoms with E-state index in [1.54, 1.807) is 24.0 Å². The zero-order chi connectivity index (χ0) is 15.2. The number of carbonyl (C=O) groups excluding carboxylic acids is 2. The van der Waals surface area contributed by atoms with Crippen molar-refractivity contribution in [3.05, 3.63) is 65.7 Å². The molecule has 0 unspecified atom stereocenters. The van der Waals surface area contributed by atoms with Gasteiger partial charge in [0.05, 0.1) is 13.1 Å². The Morgan fingerprint density at radius 3 is 2.14 bits per heavy atom. The lowest BCUT2D eigenvalue weighted by Gasteiger charge is -2.21. The summed E-state index contributed by atoms with van der Waals surface area (Å²) >= 11 is 0. The van der Waals surface area contributed by atoms with E-state index in [2.05, 4.69) is 0 Å². The molecule has 2 aromatic rings. The van der Waals surface area contributed by atoms with Gasteiger partial charge in [-0.05, 0) is 17.7 Å². The third-order valence-electron chi connectivity index (χ3n) is 3.25. The van der Waals surface area contributed by atoms with Gasteiger partial charge in [-0.2, -0.15) is 0 Å². The molecule has 0 atom stereocenters. The van der Waals surface area contributed by atoms with Crippen LogP contribution in [0.1, 0.15) is 22.8 Å². The molecule has 0 aliphatic rings. The number of anilines is 1. The molecule has 21 heavy (non-hydrogen) atoms. The Morgan fingerprint density at radius 1 is 1.00 bits per heavy atom.